The van der Waals surface area contributed by atoms with Crippen molar-refractivity contribution in [3.63, 3.8) is 0 Å². The number of morpholine rings is 1. The second kappa shape index (κ2) is 9.24. The molecule has 0 saturated carbocycles. The zero-order valence-corrected chi connectivity index (χ0v) is 20.5. The number of amides is 2. The lowest BCUT2D eigenvalue weighted by atomic mass is 9.67. The van der Waals surface area contributed by atoms with Gasteiger partial charge < -0.3 is 19.3 Å². The van der Waals surface area contributed by atoms with Gasteiger partial charge >= 0.3 is 0 Å². The first-order valence-corrected chi connectivity index (χ1v) is 12.2. The van der Waals surface area contributed by atoms with Crippen molar-refractivity contribution in [1.82, 2.24) is 14.7 Å². The number of nitrogens with zero attached hydrogens (tertiary/aromatic N) is 3. The molecule has 2 aromatic rings. The van der Waals surface area contributed by atoms with E-state index in [0.29, 0.717) is 51.5 Å². The molecule has 8 heteroatoms. The van der Waals surface area contributed by atoms with E-state index in [0.717, 1.165) is 11.1 Å². The van der Waals surface area contributed by atoms with Gasteiger partial charge in [0.25, 0.3) is 5.91 Å². The Balaban J connectivity index is 1.49. The number of fused-ring (bicyclic) bond motifs is 1. The number of hydrogen-bond acceptors (Lipinski definition) is 5. The molecule has 2 fully saturated rings. The first kappa shape index (κ1) is 23.8. The summed E-state index contributed by atoms with van der Waals surface area (Å²) in [5.41, 5.74) is 1.59. The number of halogens is 1. The van der Waals surface area contributed by atoms with E-state index in [-0.39, 0.29) is 23.6 Å². The van der Waals surface area contributed by atoms with Crippen LogP contribution in [-0.2, 0) is 16.1 Å². The number of carbonyl (C=O) groups is 2. The number of likely N-dealkylation sites (tertiary alicyclic amines) is 1. The van der Waals surface area contributed by atoms with E-state index < -0.39 is 17.3 Å². The summed E-state index contributed by atoms with van der Waals surface area (Å²) in [6.07, 6.45) is 0. The van der Waals surface area contributed by atoms with Crippen molar-refractivity contribution < 1.29 is 23.5 Å². The molecule has 1 unspecified atom stereocenters. The molecule has 7 nitrogen and oxygen atoms in total. The second-order valence-corrected chi connectivity index (χ2v) is 9.94. The minimum Gasteiger partial charge on any atom is -0.494 e. The number of benzene rings is 2. The lowest BCUT2D eigenvalue weighted by Gasteiger charge is -2.62. The molecule has 0 aliphatic carbocycles. The number of methoxy groups -OCH3 is 1. The Morgan fingerprint density at radius 1 is 1.17 bits per heavy atom. The minimum atomic E-state index is -0.653. The van der Waals surface area contributed by atoms with Gasteiger partial charge in [-0.1, -0.05) is 24.3 Å². The van der Waals surface area contributed by atoms with E-state index in [1.165, 1.54) is 13.2 Å². The number of rotatable bonds is 5. The summed E-state index contributed by atoms with van der Waals surface area (Å²) in [6, 6.07) is 12.4. The Labute approximate surface area is 205 Å². The molecule has 2 aromatic carbocycles. The molecule has 1 spiro atoms. The maximum Gasteiger partial charge on any atom is 0.254 e. The molecule has 2 amide bonds. The molecule has 186 valence electrons. The van der Waals surface area contributed by atoms with Gasteiger partial charge in [0.1, 0.15) is 0 Å². The summed E-state index contributed by atoms with van der Waals surface area (Å²) in [5, 5.41) is 0. The van der Waals surface area contributed by atoms with Crippen LogP contribution in [0.5, 0.6) is 5.75 Å². The standard InChI is InChI=1S/C27H32FN3O4/c1-18(2)31-25(32)21-7-5-4-6-20(21)24(26(33)30-10-12-35-13-11-30)27(31)16-29(17-27)15-19-8-9-23(34-3)22(28)14-19/h4-9,14,18,24H,10-13,15-17H2,1-3H3. The smallest absolute Gasteiger partial charge is 0.254 e. The molecular formula is C27H32FN3O4. The molecule has 5 rings (SSSR count). The Morgan fingerprint density at radius 3 is 2.54 bits per heavy atom. The maximum atomic E-state index is 14.3. The molecule has 35 heavy (non-hydrogen) atoms. The Kier molecular flexibility index (Phi) is 6.27. The zero-order chi connectivity index (χ0) is 24.7. The highest BCUT2D eigenvalue weighted by Crippen LogP contribution is 2.48. The van der Waals surface area contributed by atoms with E-state index >= 15 is 0 Å². The summed E-state index contributed by atoms with van der Waals surface area (Å²) in [5.74, 6) is -0.622. The van der Waals surface area contributed by atoms with E-state index in [4.69, 9.17) is 9.47 Å². The van der Waals surface area contributed by atoms with Gasteiger partial charge in [0.2, 0.25) is 5.91 Å². The molecule has 3 aliphatic rings. The first-order valence-electron chi connectivity index (χ1n) is 12.2. The third-order valence-electron chi connectivity index (χ3n) is 7.44. The quantitative estimate of drug-likeness (QED) is 0.657. The van der Waals surface area contributed by atoms with Crippen LogP contribution in [0.1, 0.15) is 41.3 Å². The lowest BCUT2D eigenvalue weighted by Crippen LogP contribution is -2.77. The Hall–Kier alpha value is -2.97. The highest BCUT2D eigenvalue weighted by atomic mass is 19.1. The monoisotopic (exact) mass is 481 g/mol. The molecule has 0 bridgehead atoms. The van der Waals surface area contributed by atoms with Crippen LogP contribution in [0.2, 0.25) is 0 Å². The molecule has 0 aromatic heterocycles. The predicted molar refractivity (Wildman–Crippen MR) is 129 cm³/mol. The van der Waals surface area contributed by atoms with Crippen LogP contribution in [0.25, 0.3) is 0 Å². The van der Waals surface area contributed by atoms with Crippen LogP contribution in [0, 0.1) is 5.82 Å². The third kappa shape index (κ3) is 3.98. The largest absolute Gasteiger partial charge is 0.494 e. The summed E-state index contributed by atoms with van der Waals surface area (Å²) >= 11 is 0. The van der Waals surface area contributed by atoms with Gasteiger partial charge in [-0.25, -0.2) is 4.39 Å². The van der Waals surface area contributed by atoms with E-state index in [1.807, 2.05) is 54.0 Å². The van der Waals surface area contributed by atoms with Gasteiger partial charge in [0, 0.05) is 44.3 Å². The molecule has 1 atom stereocenters. The van der Waals surface area contributed by atoms with Crippen molar-refractivity contribution >= 4 is 11.8 Å². The topological polar surface area (TPSA) is 62.3 Å². The van der Waals surface area contributed by atoms with Crippen molar-refractivity contribution in [3.05, 3.63) is 65.0 Å². The SMILES string of the molecule is COc1ccc(CN2CC3(C2)C(C(=O)N2CCOCC2)c2ccccc2C(=O)N3C(C)C)cc1F. The summed E-state index contributed by atoms with van der Waals surface area (Å²) < 4.78 is 24.8. The second-order valence-electron chi connectivity index (χ2n) is 9.94. The predicted octanol–water partition coefficient (Wildman–Crippen LogP) is 2.90. The molecule has 3 heterocycles. The van der Waals surface area contributed by atoms with Crippen LogP contribution >= 0.6 is 0 Å². The van der Waals surface area contributed by atoms with Gasteiger partial charge in [-0.3, -0.25) is 14.5 Å². The van der Waals surface area contributed by atoms with Crippen molar-refractivity contribution in [2.45, 2.75) is 37.9 Å². The molecular weight excluding hydrogens is 449 g/mol. The van der Waals surface area contributed by atoms with Crippen LogP contribution in [-0.4, -0.2) is 84.6 Å². The average Bonchev–Trinajstić information content (AvgIpc) is 2.83. The third-order valence-corrected chi connectivity index (χ3v) is 7.44. The Bertz CT molecular complexity index is 1130. The van der Waals surface area contributed by atoms with E-state index in [9.17, 15) is 14.0 Å². The van der Waals surface area contributed by atoms with Gasteiger partial charge in [-0.05, 0) is 43.2 Å². The molecule has 3 aliphatic heterocycles. The highest BCUT2D eigenvalue weighted by molar-refractivity contribution is 6.02. The van der Waals surface area contributed by atoms with Crippen LogP contribution < -0.4 is 4.74 Å². The maximum absolute atomic E-state index is 14.3. The van der Waals surface area contributed by atoms with Crippen molar-refractivity contribution in [2.75, 3.05) is 46.5 Å². The molecule has 2 saturated heterocycles. The lowest BCUT2D eigenvalue weighted by molar-refractivity contribution is -0.148. The molecule has 0 N–H and O–H groups in total. The van der Waals surface area contributed by atoms with Crippen molar-refractivity contribution in [3.8, 4) is 5.75 Å². The average molecular weight is 482 g/mol. The van der Waals surface area contributed by atoms with Crippen LogP contribution in [0.4, 0.5) is 4.39 Å². The summed E-state index contributed by atoms with van der Waals surface area (Å²) in [7, 11) is 1.45. The molecule has 0 radical (unpaired) electrons. The highest BCUT2D eigenvalue weighted by Gasteiger charge is 2.61. The first-order chi connectivity index (χ1) is 16.9. The Morgan fingerprint density at radius 2 is 1.89 bits per heavy atom. The fourth-order valence-electron chi connectivity index (χ4n) is 6.02. The minimum absolute atomic E-state index is 0.0308. The van der Waals surface area contributed by atoms with Crippen LogP contribution in [0.3, 0.4) is 0 Å². The number of hydrogen-bond donors (Lipinski definition) is 0. The van der Waals surface area contributed by atoms with Gasteiger partial charge in [0.15, 0.2) is 11.6 Å². The number of carbonyl (C=O) groups excluding carboxylic acids is 2. The zero-order valence-electron chi connectivity index (χ0n) is 20.5. The van der Waals surface area contributed by atoms with Crippen LogP contribution in [0.15, 0.2) is 42.5 Å². The van der Waals surface area contributed by atoms with E-state index in [1.54, 1.807) is 6.07 Å². The van der Waals surface area contributed by atoms with Gasteiger partial charge in [-0.15, -0.1) is 0 Å². The normalized spacial score (nSPS) is 21.7. The van der Waals surface area contributed by atoms with Crippen molar-refractivity contribution in [2.24, 2.45) is 0 Å². The fourth-order valence-corrected chi connectivity index (χ4v) is 6.02. The van der Waals surface area contributed by atoms with Crippen molar-refractivity contribution in [1.29, 1.82) is 0 Å². The summed E-state index contributed by atoms with van der Waals surface area (Å²) in [6.45, 7) is 7.78. The summed E-state index contributed by atoms with van der Waals surface area (Å²) in [4.78, 5) is 33.7. The number of ether oxygens (including phenoxy) is 2. The van der Waals surface area contributed by atoms with E-state index in [2.05, 4.69) is 4.90 Å². The van der Waals surface area contributed by atoms with Gasteiger partial charge in [0.05, 0.1) is 31.8 Å². The fraction of sp³-hybridized carbons (Fsp3) is 0.481. The van der Waals surface area contributed by atoms with Gasteiger partial charge in [-0.2, -0.15) is 0 Å².